The minimum atomic E-state index is -3.62. The van der Waals surface area contributed by atoms with Gasteiger partial charge in [-0.25, -0.2) is 0 Å². The van der Waals surface area contributed by atoms with Gasteiger partial charge in [-0.3, -0.25) is 0 Å². The van der Waals surface area contributed by atoms with Crippen molar-refractivity contribution in [2.45, 2.75) is 21.8 Å². The Morgan fingerprint density at radius 3 is 2.24 bits per heavy atom. The quantitative estimate of drug-likeness (QED) is 0.606. The summed E-state index contributed by atoms with van der Waals surface area (Å²) in [5.74, 6) is -3.62. The molecule has 0 aromatic heterocycles. The van der Waals surface area contributed by atoms with Gasteiger partial charge in [-0.15, -0.1) is 0 Å². The summed E-state index contributed by atoms with van der Waals surface area (Å²) in [5.41, 5.74) is 0. The van der Waals surface area contributed by atoms with Gasteiger partial charge in [0, 0.05) is 0 Å². The van der Waals surface area contributed by atoms with Gasteiger partial charge in [-0.1, -0.05) is 0 Å². The molecule has 6 heteroatoms. The second kappa shape index (κ2) is 3.91. The molecule has 0 bridgehead atoms. The normalized spacial score (nSPS) is 34.8. The number of hydrogen-bond acceptors (Lipinski definition) is 1. The van der Waals surface area contributed by atoms with Crippen molar-refractivity contribution in [3.05, 3.63) is 30.3 Å². The van der Waals surface area contributed by atoms with Crippen LogP contribution >= 0.6 is 11.6 Å². The van der Waals surface area contributed by atoms with Crippen molar-refractivity contribution in [2.24, 2.45) is 0 Å². The van der Waals surface area contributed by atoms with Gasteiger partial charge in [-0.2, -0.15) is 0 Å². The molecule has 0 saturated heterocycles. The third-order valence-corrected chi connectivity index (χ3v) is 6.39. The maximum absolute atomic E-state index is 13.8. The van der Waals surface area contributed by atoms with E-state index in [1.807, 2.05) is 0 Å². The molecule has 0 aliphatic heterocycles. The Morgan fingerprint density at radius 2 is 1.82 bits per heavy atom. The summed E-state index contributed by atoms with van der Waals surface area (Å²) in [6, 6.07) is 10.2. The molecule has 1 fully saturated rings. The van der Waals surface area contributed by atoms with E-state index >= 15 is 0 Å². The summed E-state index contributed by atoms with van der Waals surface area (Å²) < 4.78 is 38.8. The summed E-state index contributed by atoms with van der Waals surface area (Å²) in [5, 5.41) is 5.71. The molecule has 1 aliphatic rings. The maximum atomic E-state index is 13.8. The summed E-state index contributed by atoms with van der Waals surface area (Å²) in [6.07, 6.45) is -0.814. The molecule has 0 amide bonds. The molecule has 2 rings (SSSR count). The number of nitriles is 1. The molecular formula is C11H7ClF3NSe. The molecule has 2 atom stereocenters. The van der Waals surface area contributed by atoms with Crippen molar-refractivity contribution < 1.29 is 13.2 Å². The third kappa shape index (κ3) is 1.76. The Balaban J connectivity index is 2.29. The first-order chi connectivity index (χ1) is 7.85. The van der Waals surface area contributed by atoms with Crippen molar-refractivity contribution in [2.75, 3.05) is 0 Å². The molecule has 1 aromatic carbocycles. The van der Waals surface area contributed by atoms with Crippen LogP contribution in [0.1, 0.15) is 6.42 Å². The molecule has 0 radical (unpaired) electrons. The van der Waals surface area contributed by atoms with E-state index in [1.54, 1.807) is 36.4 Å². The molecule has 2 unspecified atom stereocenters. The number of alkyl halides is 4. The first-order valence-corrected chi connectivity index (χ1v) is 6.85. The van der Waals surface area contributed by atoms with Crippen LogP contribution in [0, 0.1) is 11.3 Å². The second-order valence-corrected chi connectivity index (χ2v) is 7.21. The Bertz CT molecular complexity index is 471. The van der Waals surface area contributed by atoms with E-state index in [0.29, 0.717) is 4.46 Å². The number of hydrogen-bond donors (Lipinski definition) is 0. The van der Waals surface area contributed by atoms with Crippen LogP contribution < -0.4 is 4.46 Å². The van der Waals surface area contributed by atoms with Crippen LogP contribution in [0.4, 0.5) is 13.2 Å². The summed E-state index contributed by atoms with van der Waals surface area (Å²) in [6.45, 7) is 0. The fourth-order valence-electron chi connectivity index (χ4n) is 1.65. The number of nitrogens with zero attached hydrogens (tertiary/aromatic N) is 1. The van der Waals surface area contributed by atoms with Gasteiger partial charge in [0.1, 0.15) is 0 Å². The monoisotopic (exact) mass is 325 g/mol. The van der Waals surface area contributed by atoms with E-state index in [2.05, 4.69) is 0 Å². The molecule has 0 spiro atoms. The molecule has 1 nitrogen and oxygen atoms in total. The van der Waals surface area contributed by atoms with E-state index in [1.165, 1.54) is 0 Å². The first kappa shape index (κ1) is 12.8. The van der Waals surface area contributed by atoms with Crippen LogP contribution in [-0.4, -0.2) is 26.0 Å². The fraction of sp³-hybridized carbons (Fsp3) is 0.364. The van der Waals surface area contributed by atoms with Gasteiger partial charge in [0.2, 0.25) is 0 Å². The zero-order valence-electron chi connectivity index (χ0n) is 8.46. The first-order valence-electron chi connectivity index (χ1n) is 4.76. The number of halogens is 4. The predicted octanol–water partition coefficient (Wildman–Crippen LogP) is 2.64. The van der Waals surface area contributed by atoms with Crippen molar-refractivity contribution in [1.82, 2.24) is 0 Å². The summed E-state index contributed by atoms with van der Waals surface area (Å²) in [7, 11) is 0. The summed E-state index contributed by atoms with van der Waals surface area (Å²) in [4.78, 5) is 0. The Labute approximate surface area is 108 Å². The Kier molecular flexibility index (Phi) is 2.94. The minimum absolute atomic E-state index is 0.680. The second-order valence-electron chi connectivity index (χ2n) is 3.81. The molecule has 0 N–H and O–H groups in total. The van der Waals surface area contributed by atoms with Crippen molar-refractivity contribution in [3.8, 4) is 6.07 Å². The molecular weight excluding hydrogens is 318 g/mol. The third-order valence-electron chi connectivity index (χ3n) is 2.65. The molecule has 1 saturated carbocycles. The Morgan fingerprint density at radius 1 is 1.24 bits per heavy atom. The standard InChI is InChI=1S/C11H7ClF3NSe/c12-11(15)9(7-16,6-10(11,13)14)17-8-4-2-1-3-5-8/h1-5H,6H2. The van der Waals surface area contributed by atoms with Crippen molar-refractivity contribution in [3.63, 3.8) is 0 Å². The van der Waals surface area contributed by atoms with E-state index < -0.39 is 36.7 Å². The van der Waals surface area contributed by atoms with E-state index in [4.69, 9.17) is 16.9 Å². The van der Waals surface area contributed by atoms with Crippen LogP contribution in [-0.2, 0) is 0 Å². The van der Waals surface area contributed by atoms with Gasteiger partial charge in [-0.05, 0) is 0 Å². The fourth-order valence-corrected chi connectivity index (χ4v) is 4.69. The van der Waals surface area contributed by atoms with Crippen LogP contribution in [0.25, 0.3) is 0 Å². The van der Waals surface area contributed by atoms with Crippen LogP contribution in [0.5, 0.6) is 0 Å². The van der Waals surface area contributed by atoms with Crippen LogP contribution in [0.15, 0.2) is 30.3 Å². The number of rotatable bonds is 2. The Hall–Kier alpha value is -0.691. The van der Waals surface area contributed by atoms with Gasteiger partial charge < -0.3 is 0 Å². The zero-order valence-corrected chi connectivity index (χ0v) is 10.9. The predicted molar refractivity (Wildman–Crippen MR) is 59.4 cm³/mol. The van der Waals surface area contributed by atoms with E-state index in [0.717, 1.165) is 0 Å². The molecule has 90 valence electrons. The van der Waals surface area contributed by atoms with Gasteiger partial charge in [0.25, 0.3) is 0 Å². The molecule has 1 aliphatic carbocycles. The van der Waals surface area contributed by atoms with Crippen LogP contribution in [0.2, 0.25) is 4.31 Å². The van der Waals surface area contributed by atoms with Crippen molar-refractivity contribution in [1.29, 1.82) is 5.26 Å². The molecule has 17 heavy (non-hydrogen) atoms. The van der Waals surface area contributed by atoms with Crippen LogP contribution in [0.3, 0.4) is 0 Å². The topological polar surface area (TPSA) is 23.8 Å². The average molecular weight is 325 g/mol. The number of benzene rings is 1. The summed E-state index contributed by atoms with van der Waals surface area (Å²) >= 11 is 4.50. The van der Waals surface area contributed by atoms with Gasteiger partial charge >= 0.3 is 108 Å². The average Bonchev–Trinajstić information content (AvgIpc) is 2.28. The van der Waals surface area contributed by atoms with E-state index in [9.17, 15) is 13.2 Å². The molecule has 0 heterocycles. The van der Waals surface area contributed by atoms with Gasteiger partial charge in [0.05, 0.1) is 0 Å². The van der Waals surface area contributed by atoms with Gasteiger partial charge in [0.15, 0.2) is 0 Å². The van der Waals surface area contributed by atoms with E-state index in [-0.39, 0.29) is 0 Å². The molecule has 1 aromatic rings. The SMILES string of the molecule is N#CC1([Se]c2ccccc2)CC(F)(F)C1(F)Cl. The van der Waals surface area contributed by atoms with Crippen molar-refractivity contribution >= 4 is 31.0 Å². The zero-order chi connectivity index (χ0) is 12.7.